The molecule has 0 amide bonds. The first kappa shape index (κ1) is 17.2. The van der Waals surface area contributed by atoms with Crippen LogP contribution in [0.4, 0.5) is 0 Å². The van der Waals surface area contributed by atoms with Gasteiger partial charge in [0.2, 0.25) is 5.43 Å². The summed E-state index contributed by atoms with van der Waals surface area (Å²) < 4.78 is 12.3. The summed E-state index contributed by atoms with van der Waals surface area (Å²) in [6, 6.07) is 6.09. The zero-order valence-electron chi connectivity index (χ0n) is 16.1. The zero-order chi connectivity index (χ0) is 19.8. The average molecular weight is 378 g/mol. The molecule has 144 valence electrons. The van der Waals surface area contributed by atoms with Crippen molar-refractivity contribution in [3.63, 3.8) is 0 Å². The molecule has 1 aliphatic heterocycles. The molecule has 28 heavy (non-hydrogen) atoms. The van der Waals surface area contributed by atoms with Gasteiger partial charge in [0.25, 0.3) is 0 Å². The molecule has 5 heteroatoms. The Morgan fingerprint density at radius 1 is 1.11 bits per heavy atom. The number of ether oxygens (including phenoxy) is 1. The number of hydrogen-bond donors (Lipinski definition) is 2. The normalized spacial score (nSPS) is 23.0. The molecule has 2 atom stereocenters. The lowest BCUT2D eigenvalue weighted by molar-refractivity contribution is 0.0122. The van der Waals surface area contributed by atoms with Crippen molar-refractivity contribution in [1.29, 1.82) is 0 Å². The van der Waals surface area contributed by atoms with Crippen LogP contribution in [-0.2, 0) is 0 Å². The van der Waals surface area contributed by atoms with E-state index < -0.39 is 0 Å². The number of benzene rings is 2. The topological polar surface area (TPSA) is 79.9 Å². The van der Waals surface area contributed by atoms with Crippen LogP contribution in [0, 0.1) is 5.92 Å². The lowest BCUT2D eigenvalue weighted by atomic mass is 9.67. The molecule has 0 bridgehead atoms. The summed E-state index contributed by atoms with van der Waals surface area (Å²) in [6.45, 7) is 6.32. The maximum atomic E-state index is 13.4. The van der Waals surface area contributed by atoms with Crippen LogP contribution in [0.3, 0.4) is 0 Å². The highest BCUT2D eigenvalue weighted by Gasteiger charge is 2.45. The molecule has 0 spiro atoms. The minimum absolute atomic E-state index is 0.0517. The van der Waals surface area contributed by atoms with Gasteiger partial charge in [-0.2, -0.15) is 0 Å². The molecule has 3 aromatic rings. The second-order valence-electron chi connectivity index (χ2n) is 8.51. The van der Waals surface area contributed by atoms with Gasteiger partial charge in [0, 0.05) is 29.5 Å². The van der Waals surface area contributed by atoms with Crippen molar-refractivity contribution in [3.05, 3.63) is 51.7 Å². The molecule has 0 radical (unpaired) electrons. The number of rotatable bonds is 0. The predicted molar refractivity (Wildman–Crippen MR) is 107 cm³/mol. The Labute approximate surface area is 161 Å². The summed E-state index contributed by atoms with van der Waals surface area (Å²) in [4.78, 5) is 13.4. The van der Waals surface area contributed by atoms with Gasteiger partial charge in [-0.3, -0.25) is 4.79 Å². The summed E-state index contributed by atoms with van der Waals surface area (Å²) in [6.07, 6.45) is 4.26. The molecule has 1 aromatic heterocycles. The minimum Gasteiger partial charge on any atom is -0.508 e. The molecule has 5 rings (SSSR count). The van der Waals surface area contributed by atoms with Gasteiger partial charge in [-0.05, 0) is 45.7 Å². The number of aromatic hydroxyl groups is 2. The van der Waals surface area contributed by atoms with Crippen LogP contribution < -0.4 is 10.2 Å². The maximum Gasteiger partial charge on any atom is 0.204 e. The molecule has 2 aromatic carbocycles. The molecule has 2 N–H and O–H groups in total. The highest BCUT2D eigenvalue weighted by Crippen LogP contribution is 2.52. The van der Waals surface area contributed by atoms with Crippen LogP contribution in [0.15, 0.2) is 45.1 Å². The molecule has 2 aliphatic rings. The van der Waals surface area contributed by atoms with E-state index in [-0.39, 0.29) is 45.3 Å². The molecular formula is C23H22O5. The van der Waals surface area contributed by atoms with Crippen LogP contribution in [0.25, 0.3) is 21.9 Å². The fraction of sp³-hybridized carbons (Fsp3) is 0.348. The van der Waals surface area contributed by atoms with Gasteiger partial charge < -0.3 is 19.4 Å². The van der Waals surface area contributed by atoms with Crippen molar-refractivity contribution >= 4 is 21.9 Å². The van der Waals surface area contributed by atoms with E-state index in [0.29, 0.717) is 16.7 Å². The average Bonchev–Trinajstić information content (AvgIpc) is 2.60. The molecule has 0 fully saturated rings. The molecule has 2 heterocycles. The lowest BCUT2D eigenvalue weighted by Gasteiger charge is -2.46. The fourth-order valence-corrected chi connectivity index (χ4v) is 4.95. The van der Waals surface area contributed by atoms with E-state index in [1.165, 1.54) is 11.6 Å². The van der Waals surface area contributed by atoms with Gasteiger partial charge >= 0.3 is 0 Å². The van der Waals surface area contributed by atoms with E-state index in [2.05, 4.69) is 26.8 Å². The van der Waals surface area contributed by atoms with Gasteiger partial charge in [-0.15, -0.1) is 0 Å². The smallest absolute Gasteiger partial charge is 0.204 e. The summed E-state index contributed by atoms with van der Waals surface area (Å²) in [5.41, 5.74) is 2.10. The summed E-state index contributed by atoms with van der Waals surface area (Å²) in [5, 5.41) is 20.6. The molecule has 0 unspecified atom stereocenters. The van der Waals surface area contributed by atoms with Gasteiger partial charge in [0.15, 0.2) is 0 Å². The molecule has 1 aliphatic carbocycles. The van der Waals surface area contributed by atoms with E-state index >= 15 is 0 Å². The zero-order valence-corrected chi connectivity index (χ0v) is 16.1. The van der Waals surface area contributed by atoms with E-state index in [4.69, 9.17) is 9.15 Å². The first-order valence-corrected chi connectivity index (χ1v) is 9.58. The quantitative estimate of drug-likeness (QED) is 0.426. The van der Waals surface area contributed by atoms with Gasteiger partial charge in [0.05, 0.1) is 5.39 Å². The Balaban J connectivity index is 1.92. The van der Waals surface area contributed by atoms with E-state index in [1.807, 2.05) is 6.07 Å². The standard InChI is InChI=1S/C23H22O5/c1-11-4-5-14-13(8-11)19-17(28-23(14,2)3)7-6-16-21(19)22(26)20-15(25)9-12(24)10-18(20)27-16/h6-10,13-14,24-25H,4-5H2,1-3H3/t13-,14-/m0/s1. The predicted octanol–water partition coefficient (Wildman–Crippen LogP) is 4.97. The Morgan fingerprint density at radius 3 is 2.68 bits per heavy atom. The van der Waals surface area contributed by atoms with Crippen LogP contribution in [0.2, 0.25) is 0 Å². The Morgan fingerprint density at radius 2 is 1.89 bits per heavy atom. The SMILES string of the molecule is CC1=C[C@@H]2c3c(ccc4oc5cc(O)cc(O)c5c(=O)c34)OC(C)(C)[C@H]2CC1. The summed E-state index contributed by atoms with van der Waals surface area (Å²) >= 11 is 0. The molecule has 0 saturated carbocycles. The summed E-state index contributed by atoms with van der Waals surface area (Å²) in [7, 11) is 0. The lowest BCUT2D eigenvalue weighted by Crippen LogP contribution is -2.45. The van der Waals surface area contributed by atoms with Crippen LogP contribution in [0.1, 0.15) is 45.1 Å². The molecule has 5 nitrogen and oxygen atoms in total. The van der Waals surface area contributed by atoms with E-state index in [1.54, 1.807) is 6.07 Å². The third kappa shape index (κ3) is 2.28. The largest absolute Gasteiger partial charge is 0.508 e. The van der Waals surface area contributed by atoms with Crippen molar-refractivity contribution in [2.24, 2.45) is 5.92 Å². The Bertz CT molecular complexity index is 1230. The highest BCUT2D eigenvalue weighted by atomic mass is 16.5. The number of phenolic OH excluding ortho intramolecular Hbond substituents is 2. The first-order chi connectivity index (χ1) is 13.3. The van der Waals surface area contributed by atoms with Crippen molar-refractivity contribution in [2.45, 2.75) is 45.1 Å². The first-order valence-electron chi connectivity index (χ1n) is 9.58. The molecular weight excluding hydrogens is 356 g/mol. The van der Waals surface area contributed by atoms with Crippen molar-refractivity contribution in [2.75, 3.05) is 0 Å². The van der Waals surface area contributed by atoms with Crippen LogP contribution >= 0.6 is 0 Å². The van der Waals surface area contributed by atoms with Gasteiger partial charge in [0.1, 0.15) is 39.4 Å². The monoisotopic (exact) mass is 378 g/mol. The number of hydrogen-bond acceptors (Lipinski definition) is 5. The Hall–Kier alpha value is -2.95. The van der Waals surface area contributed by atoms with E-state index in [0.717, 1.165) is 24.5 Å². The number of phenols is 2. The van der Waals surface area contributed by atoms with Crippen molar-refractivity contribution in [3.8, 4) is 17.2 Å². The molecule has 0 saturated heterocycles. The van der Waals surface area contributed by atoms with E-state index in [9.17, 15) is 15.0 Å². The van der Waals surface area contributed by atoms with Gasteiger partial charge in [-0.1, -0.05) is 11.6 Å². The fourth-order valence-electron chi connectivity index (χ4n) is 4.95. The Kier molecular flexibility index (Phi) is 3.39. The second kappa shape index (κ2) is 5.53. The third-order valence-corrected chi connectivity index (χ3v) is 6.25. The summed E-state index contributed by atoms with van der Waals surface area (Å²) in [5.74, 6) is 0.553. The highest BCUT2D eigenvalue weighted by molar-refractivity contribution is 5.96. The van der Waals surface area contributed by atoms with Crippen molar-refractivity contribution < 1.29 is 19.4 Å². The van der Waals surface area contributed by atoms with Crippen molar-refractivity contribution in [1.82, 2.24) is 0 Å². The third-order valence-electron chi connectivity index (χ3n) is 6.25. The maximum absolute atomic E-state index is 13.4. The van der Waals surface area contributed by atoms with Crippen LogP contribution in [0.5, 0.6) is 17.2 Å². The second-order valence-corrected chi connectivity index (χ2v) is 8.51. The number of fused-ring (bicyclic) bond motifs is 6. The van der Waals surface area contributed by atoms with Gasteiger partial charge in [-0.25, -0.2) is 0 Å². The van der Waals surface area contributed by atoms with Crippen LogP contribution in [-0.4, -0.2) is 15.8 Å². The number of allylic oxidation sites excluding steroid dienone is 2. The minimum atomic E-state index is -0.340.